The maximum atomic E-state index is 13.2. The molecule has 1 fully saturated rings. The van der Waals surface area contributed by atoms with Crippen molar-refractivity contribution in [3.8, 4) is 11.4 Å². The average molecular weight is 492 g/mol. The number of sulfonamides is 1. The number of methoxy groups -OCH3 is 1. The van der Waals surface area contributed by atoms with Crippen LogP contribution in [0.15, 0.2) is 71.8 Å². The zero-order valence-corrected chi connectivity index (χ0v) is 20.8. The largest absolute Gasteiger partial charge is 0.497 e. The maximum Gasteiger partial charge on any atom is 0.243 e. The van der Waals surface area contributed by atoms with Gasteiger partial charge in [0.2, 0.25) is 10.0 Å². The number of piperazine rings is 1. The van der Waals surface area contributed by atoms with Gasteiger partial charge in [0.15, 0.2) is 5.65 Å². The number of hydrogen-bond acceptors (Lipinski definition) is 6. The number of aromatic nitrogens is 3. The van der Waals surface area contributed by atoms with Gasteiger partial charge in [-0.3, -0.25) is 9.47 Å². The van der Waals surface area contributed by atoms with E-state index in [-0.39, 0.29) is 4.90 Å². The van der Waals surface area contributed by atoms with Gasteiger partial charge in [-0.25, -0.2) is 18.4 Å². The minimum absolute atomic E-state index is 0.258. The Kier molecular flexibility index (Phi) is 6.55. The van der Waals surface area contributed by atoms with Crippen molar-refractivity contribution in [2.24, 2.45) is 0 Å². The van der Waals surface area contributed by atoms with Crippen LogP contribution in [0.1, 0.15) is 18.3 Å². The lowest BCUT2D eigenvalue weighted by Crippen LogP contribution is -2.48. The van der Waals surface area contributed by atoms with Crippen molar-refractivity contribution in [2.45, 2.75) is 24.8 Å². The Morgan fingerprint density at radius 1 is 0.971 bits per heavy atom. The summed E-state index contributed by atoms with van der Waals surface area (Å²) in [6.45, 7) is 4.83. The number of hydrogen-bond donors (Lipinski definition) is 0. The molecule has 0 spiro atoms. The number of ether oxygens (including phenoxy) is 1. The summed E-state index contributed by atoms with van der Waals surface area (Å²) in [5.74, 6) is 1.43. The number of rotatable bonds is 7. The van der Waals surface area contributed by atoms with Crippen molar-refractivity contribution < 1.29 is 13.2 Å². The van der Waals surface area contributed by atoms with E-state index in [1.54, 1.807) is 34.8 Å². The summed E-state index contributed by atoms with van der Waals surface area (Å²) in [5, 5.41) is 0. The fourth-order valence-electron chi connectivity index (χ4n) is 4.46. The van der Waals surface area contributed by atoms with Crippen LogP contribution in [-0.2, 0) is 23.0 Å². The second-order valence-corrected chi connectivity index (χ2v) is 10.5. The summed E-state index contributed by atoms with van der Waals surface area (Å²) in [7, 11) is -2.04. The molecule has 0 unspecified atom stereocenters. The lowest BCUT2D eigenvalue weighted by atomic mass is 10.1. The molecule has 8 nitrogen and oxygen atoms in total. The number of fused-ring (bicyclic) bond motifs is 1. The Hall–Kier alpha value is -3.27. The van der Waals surface area contributed by atoms with Crippen LogP contribution in [0.25, 0.3) is 16.9 Å². The molecule has 9 heteroatoms. The van der Waals surface area contributed by atoms with Gasteiger partial charge in [0.05, 0.1) is 18.6 Å². The van der Waals surface area contributed by atoms with Gasteiger partial charge >= 0.3 is 0 Å². The molecular formula is C26H29N5O3S. The van der Waals surface area contributed by atoms with Crippen molar-refractivity contribution >= 4 is 21.2 Å². The fraction of sp³-hybridized carbons (Fsp3) is 0.308. The number of benzene rings is 2. The van der Waals surface area contributed by atoms with E-state index >= 15 is 0 Å². The molecule has 0 radical (unpaired) electrons. The molecule has 3 heterocycles. The molecule has 1 aliphatic rings. The smallest absolute Gasteiger partial charge is 0.243 e. The molecule has 0 bridgehead atoms. The molecule has 5 rings (SSSR count). The molecule has 0 N–H and O–H groups in total. The van der Waals surface area contributed by atoms with Crippen LogP contribution in [0.5, 0.6) is 5.75 Å². The molecule has 1 saturated heterocycles. The molecular weight excluding hydrogens is 462 g/mol. The quantitative estimate of drug-likeness (QED) is 0.394. The summed E-state index contributed by atoms with van der Waals surface area (Å²) >= 11 is 0. The Labute approximate surface area is 205 Å². The minimum atomic E-state index is -3.57. The molecule has 0 aliphatic carbocycles. The van der Waals surface area contributed by atoms with Crippen molar-refractivity contribution in [1.29, 1.82) is 0 Å². The average Bonchev–Trinajstić information content (AvgIpc) is 3.26. The van der Waals surface area contributed by atoms with E-state index in [2.05, 4.69) is 45.6 Å². The highest BCUT2D eigenvalue weighted by Gasteiger charge is 2.29. The van der Waals surface area contributed by atoms with E-state index in [0.717, 1.165) is 29.1 Å². The molecule has 1 aliphatic heterocycles. The molecule has 0 amide bonds. The second-order valence-electron chi connectivity index (χ2n) is 8.59. The highest BCUT2D eigenvalue weighted by molar-refractivity contribution is 7.89. The number of nitrogens with zero attached hydrogens (tertiary/aromatic N) is 5. The van der Waals surface area contributed by atoms with Crippen LogP contribution in [0, 0.1) is 0 Å². The summed E-state index contributed by atoms with van der Waals surface area (Å²) in [6.07, 6.45) is 2.77. The van der Waals surface area contributed by atoms with Gasteiger partial charge in [-0.2, -0.15) is 4.31 Å². The van der Waals surface area contributed by atoms with E-state index in [0.29, 0.717) is 38.5 Å². The van der Waals surface area contributed by atoms with Crippen LogP contribution in [0.3, 0.4) is 0 Å². The first-order valence-corrected chi connectivity index (χ1v) is 13.2. The van der Waals surface area contributed by atoms with E-state index < -0.39 is 10.0 Å². The van der Waals surface area contributed by atoms with E-state index in [1.807, 2.05) is 12.1 Å². The lowest BCUT2D eigenvalue weighted by Gasteiger charge is -2.33. The highest BCUT2D eigenvalue weighted by atomic mass is 32.2. The predicted molar refractivity (Wildman–Crippen MR) is 135 cm³/mol. The summed E-state index contributed by atoms with van der Waals surface area (Å²) in [4.78, 5) is 12.0. The van der Waals surface area contributed by atoms with E-state index in [9.17, 15) is 8.42 Å². The Morgan fingerprint density at radius 2 is 1.74 bits per heavy atom. The van der Waals surface area contributed by atoms with Gasteiger partial charge < -0.3 is 4.74 Å². The number of pyridine rings is 1. The third kappa shape index (κ3) is 4.67. The van der Waals surface area contributed by atoms with Gasteiger partial charge in [-0.05, 0) is 48.4 Å². The lowest BCUT2D eigenvalue weighted by molar-refractivity contribution is 0.177. The van der Waals surface area contributed by atoms with Crippen molar-refractivity contribution in [2.75, 3.05) is 33.3 Å². The summed E-state index contributed by atoms with van der Waals surface area (Å²) in [5.41, 5.74) is 3.98. The van der Waals surface area contributed by atoms with Crippen LogP contribution >= 0.6 is 0 Å². The maximum absolute atomic E-state index is 13.2. The molecule has 182 valence electrons. The molecule has 2 aromatic heterocycles. The van der Waals surface area contributed by atoms with Gasteiger partial charge in [-0.1, -0.05) is 25.1 Å². The van der Waals surface area contributed by atoms with E-state index in [4.69, 9.17) is 9.72 Å². The molecule has 0 saturated carbocycles. The number of aryl methyl sites for hydroxylation is 1. The van der Waals surface area contributed by atoms with Crippen LogP contribution in [0.2, 0.25) is 0 Å². The van der Waals surface area contributed by atoms with E-state index in [1.165, 1.54) is 12.7 Å². The zero-order valence-electron chi connectivity index (χ0n) is 20.0. The first-order valence-electron chi connectivity index (χ1n) is 11.8. The highest BCUT2D eigenvalue weighted by Crippen LogP contribution is 2.24. The third-order valence-corrected chi connectivity index (χ3v) is 8.36. The topological polar surface area (TPSA) is 80.6 Å². The summed E-state index contributed by atoms with van der Waals surface area (Å²) in [6, 6.07) is 19.0. The molecule has 2 aromatic carbocycles. The van der Waals surface area contributed by atoms with Crippen molar-refractivity contribution in [3.63, 3.8) is 0 Å². The van der Waals surface area contributed by atoms with Crippen molar-refractivity contribution in [1.82, 2.24) is 23.7 Å². The van der Waals surface area contributed by atoms with Crippen LogP contribution in [0.4, 0.5) is 0 Å². The SMILES string of the molecule is CCc1ccc(-n2c(CN3CCN(S(=O)(=O)c4cccc(OC)c4)CC3)nc3cccnc32)cc1. The Morgan fingerprint density at radius 3 is 2.46 bits per heavy atom. The minimum Gasteiger partial charge on any atom is -0.497 e. The first kappa shape index (κ1) is 23.5. The predicted octanol–water partition coefficient (Wildman–Crippen LogP) is 3.50. The monoisotopic (exact) mass is 491 g/mol. The standard InChI is InChI=1S/C26H29N5O3S/c1-3-20-9-11-21(12-10-20)31-25(28-24-8-5-13-27-26(24)31)19-29-14-16-30(17-15-29)35(32,33)23-7-4-6-22(18-23)34-2/h4-13,18H,3,14-17,19H2,1-2H3. The normalized spacial score (nSPS) is 15.5. The zero-order chi connectivity index (χ0) is 24.4. The van der Waals surface area contributed by atoms with Gasteiger partial charge in [0.25, 0.3) is 0 Å². The second kappa shape index (κ2) is 9.77. The molecule has 4 aromatic rings. The van der Waals surface area contributed by atoms with Crippen molar-refractivity contribution in [3.05, 3.63) is 78.2 Å². The molecule has 35 heavy (non-hydrogen) atoms. The third-order valence-electron chi connectivity index (χ3n) is 6.46. The summed E-state index contributed by atoms with van der Waals surface area (Å²) < 4.78 is 35.2. The number of imidazole rings is 1. The van der Waals surface area contributed by atoms with Crippen LogP contribution in [-0.4, -0.2) is 65.4 Å². The van der Waals surface area contributed by atoms with Gasteiger partial charge in [-0.15, -0.1) is 0 Å². The van der Waals surface area contributed by atoms with Crippen LogP contribution < -0.4 is 4.74 Å². The Balaban J connectivity index is 1.35. The fourth-order valence-corrected chi connectivity index (χ4v) is 5.91. The Bertz CT molecular complexity index is 1430. The molecule has 0 atom stereocenters. The van der Waals surface area contributed by atoms with Gasteiger partial charge in [0.1, 0.15) is 17.1 Å². The first-order chi connectivity index (χ1) is 17.0. The van der Waals surface area contributed by atoms with Gasteiger partial charge in [0, 0.05) is 44.1 Å².